The molecule has 0 fully saturated rings. The van der Waals surface area contributed by atoms with Crippen LogP contribution in [0.15, 0.2) is 24.4 Å². The second kappa shape index (κ2) is 6.88. The second-order valence-corrected chi connectivity index (χ2v) is 7.12. The van der Waals surface area contributed by atoms with Gasteiger partial charge in [0.05, 0.1) is 12.7 Å². The van der Waals surface area contributed by atoms with E-state index in [1.54, 1.807) is 24.4 Å². The summed E-state index contributed by atoms with van der Waals surface area (Å²) in [5.41, 5.74) is 4.35. The Kier molecular flexibility index (Phi) is 4.55. The fraction of sp³-hybridized carbons (Fsp3) is 0.444. The average Bonchev–Trinajstić information content (AvgIpc) is 3.19. The molecule has 0 spiro atoms. The predicted octanol–water partition coefficient (Wildman–Crippen LogP) is 2.97. The van der Waals surface area contributed by atoms with Gasteiger partial charge >= 0.3 is 12.2 Å². The maximum absolute atomic E-state index is 12.7. The summed E-state index contributed by atoms with van der Waals surface area (Å²) in [6, 6.07) is 4.95. The van der Waals surface area contributed by atoms with Crippen LogP contribution in [0.3, 0.4) is 0 Å². The third kappa shape index (κ3) is 4.08. The lowest BCUT2D eigenvalue weighted by molar-refractivity contribution is -0.146. The summed E-state index contributed by atoms with van der Waals surface area (Å²) in [4.78, 5) is 13.7. The number of carbonyl (C=O) groups is 1. The molecule has 1 aromatic heterocycles. The number of benzene rings is 1. The molecule has 2 aromatic rings. The third-order valence-electron chi connectivity index (χ3n) is 5.05. The van der Waals surface area contributed by atoms with Crippen molar-refractivity contribution >= 4 is 11.7 Å². The van der Waals surface area contributed by atoms with E-state index in [1.807, 2.05) is 0 Å². The number of aryl methyl sites for hydroxylation is 1. The largest absolute Gasteiger partial charge is 0.401 e. The van der Waals surface area contributed by atoms with Gasteiger partial charge in [-0.3, -0.25) is 10.00 Å². The molecule has 1 aliphatic carbocycles. The summed E-state index contributed by atoms with van der Waals surface area (Å²) >= 11 is 0. The van der Waals surface area contributed by atoms with Crippen LogP contribution in [0.5, 0.6) is 0 Å². The summed E-state index contributed by atoms with van der Waals surface area (Å²) in [7, 11) is 0. The SMILES string of the molecule is O=C(Nc1cccc2c1CN(CC(F)(F)F)C2)NC1CCc2[nH]ncc2C1. The van der Waals surface area contributed by atoms with Gasteiger partial charge in [-0.2, -0.15) is 18.3 Å². The number of anilines is 1. The smallest absolute Gasteiger partial charge is 0.335 e. The number of H-pyrrole nitrogens is 1. The van der Waals surface area contributed by atoms with E-state index in [4.69, 9.17) is 0 Å². The average molecular weight is 379 g/mol. The van der Waals surface area contributed by atoms with Gasteiger partial charge in [0.25, 0.3) is 0 Å². The quantitative estimate of drug-likeness (QED) is 0.768. The maximum atomic E-state index is 12.7. The number of urea groups is 1. The monoisotopic (exact) mass is 379 g/mol. The highest BCUT2D eigenvalue weighted by atomic mass is 19.4. The maximum Gasteiger partial charge on any atom is 0.401 e. The number of rotatable bonds is 3. The molecule has 0 radical (unpaired) electrons. The lowest BCUT2D eigenvalue weighted by atomic mass is 9.94. The van der Waals surface area contributed by atoms with Crippen molar-refractivity contribution in [3.63, 3.8) is 0 Å². The van der Waals surface area contributed by atoms with Gasteiger partial charge in [0.2, 0.25) is 0 Å². The van der Waals surface area contributed by atoms with E-state index >= 15 is 0 Å². The third-order valence-corrected chi connectivity index (χ3v) is 5.05. The number of nitrogens with one attached hydrogen (secondary N) is 3. The fourth-order valence-corrected chi connectivity index (χ4v) is 3.86. The molecule has 144 valence electrons. The fourth-order valence-electron chi connectivity index (χ4n) is 3.86. The molecule has 6 nitrogen and oxygen atoms in total. The predicted molar refractivity (Wildman–Crippen MR) is 93.2 cm³/mol. The first-order valence-corrected chi connectivity index (χ1v) is 8.86. The van der Waals surface area contributed by atoms with E-state index in [0.717, 1.165) is 35.2 Å². The Bertz CT molecular complexity index is 848. The normalized spacial score (nSPS) is 19.4. The van der Waals surface area contributed by atoms with Crippen molar-refractivity contribution < 1.29 is 18.0 Å². The first-order chi connectivity index (χ1) is 12.9. The highest BCUT2D eigenvalue weighted by Crippen LogP contribution is 2.31. The first kappa shape index (κ1) is 17.8. The molecule has 0 saturated carbocycles. The van der Waals surface area contributed by atoms with Gasteiger partial charge < -0.3 is 10.6 Å². The number of alkyl halides is 3. The molecule has 0 saturated heterocycles. The molecule has 4 rings (SSSR count). The van der Waals surface area contributed by atoms with Gasteiger partial charge in [-0.15, -0.1) is 0 Å². The zero-order chi connectivity index (χ0) is 19.0. The number of fused-ring (bicyclic) bond motifs is 2. The van der Waals surface area contributed by atoms with Gasteiger partial charge in [-0.1, -0.05) is 12.1 Å². The molecule has 3 N–H and O–H groups in total. The second-order valence-electron chi connectivity index (χ2n) is 7.12. The number of hydrogen-bond donors (Lipinski definition) is 3. The number of halogens is 3. The van der Waals surface area contributed by atoms with Crippen molar-refractivity contribution in [2.45, 2.75) is 44.6 Å². The zero-order valence-electron chi connectivity index (χ0n) is 14.6. The van der Waals surface area contributed by atoms with Crippen LogP contribution < -0.4 is 10.6 Å². The van der Waals surface area contributed by atoms with Gasteiger partial charge in [-0.25, -0.2) is 4.79 Å². The van der Waals surface area contributed by atoms with Gasteiger partial charge in [0.1, 0.15) is 0 Å². The van der Waals surface area contributed by atoms with Crippen molar-refractivity contribution in [1.82, 2.24) is 20.4 Å². The van der Waals surface area contributed by atoms with Crippen LogP contribution in [0, 0.1) is 0 Å². The summed E-state index contributed by atoms with van der Waals surface area (Å²) < 4.78 is 38.0. The molecular formula is C18H20F3N5O. The number of aromatic amines is 1. The molecule has 1 aliphatic heterocycles. The topological polar surface area (TPSA) is 73.1 Å². The zero-order valence-corrected chi connectivity index (χ0v) is 14.6. The molecule has 2 heterocycles. The number of aromatic nitrogens is 2. The van der Waals surface area contributed by atoms with Crippen molar-refractivity contribution in [2.75, 3.05) is 11.9 Å². The first-order valence-electron chi connectivity index (χ1n) is 8.86. The van der Waals surface area contributed by atoms with Crippen LogP contribution in [0.25, 0.3) is 0 Å². The standard InChI is InChI=1S/C18H20F3N5O/c19-18(20,21)10-26-8-11-2-1-3-16(14(11)9-26)24-17(27)23-13-4-5-15-12(6-13)7-22-25-15/h1-3,7,13H,4-6,8-10H2,(H,22,25)(H2,23,24,27). The van der Waals surface area contributed by atoms with E-state index in [1.165, 1.54) is 4.90 Å². The number of hydrogen-bond acceptors (Lipinski definition) is 3. The molecule has 1 aromatic carbocycles. The van der Waals surface area contributed by atoms with Crippen molar-refractivity contribution in [1.29, 1.82) is 0 Å². The molecule has 0 bridgehead atoms. The Hall–Kier alpha value is -2.55. The molecule has 27 heavy (non-hydrogen) atoms. The molecular weight excluding hydrogens is 359 g/mol. The van der Waals surface area contributed by atoms with Gasteiger partial charge in [-0.05, 0) is 42.0 Å². The molecule has 2 amide bonds. The van der Waals surface area contributed by atoms with Crippen LogP contribution >= 0.6 is 0 Å². The minimum absolute atomic E-state index is 0.00795. The highest BCUT2D eigenvalue weighted by Gasteiger charge is 2.34. The van der Waals surface area contributed by atoms with E-state index < -0.39 is 12.7 Å². The minimum Gasteiger partial charge on any atom is -0.335 e. The van der Waals surface area contributed by atoms with Gasteiger partial charge in [0.15, 0.2) is 0 Å². The summed E-state index contributed by atoms with van der Waals surface area (Å²) in [5, 5.41) is 12.7. The number of nitrogens with zero attached hydrogens (tertiary/aromatic N) is 2. The molecule has 2 aliphatic rings. The summed E-state index contributed by atoms with van der Waals surface area (Å²) in [6.07, 6.45) is -0.103. The molecule has 1 unspecified atom stereocenters. The molecule has 1 atom stereocenters. The van der Waals surface area contributed by atoms with E-state index in [2.05, 4.69) is 20.8 Å². The number of amides is 2. The van der Waals surface area contributed by atoms with Gasteiger partial charge in [0, 0.05) is 30.5 Å². The lowest BCUT2D eigenvalue weighted by Crippen LogP contribution is -2.41. The Balaban J connectivity index is 1.38. The van der Waals surface area contributed by atoms with Crippen molar-refractivity contribution in [2.24, 2.45) is 0 Å². The minimum atomic E-state index is -4.24. The van der Waals surface area contributed by atoms with Crippen LogP contribution in [0.1, 0.15) is 28.8 Å². The van der Waals surface area contributed by atoms with Crippen LogP contribution in [-0.2, 0) is 25.9 Å². The van der Waals surface area contributed by atoms with Crippen LogP contribution in [0.2, 0.25) is 0 Å². The Morgan fingerprint density at radius 2 is 2.15 bits per heavy atom. The number of carbonyl (C=O) groups excluding carboxylic acids is 1. The van der Waals surface area contributed by atoms with E-state index in [0.29, 0.717) is 12.1 Å². The lowest BCUT2D eigenvalue weighted by Gasteiger charge is -2.23. The summed E-state index contributed by atoms with van der Waals surface area (Å²) in [6.45, 7) is -0.548. The Morgan fingerprint density at radius 3 is 2.96 bits per heavy atom. The Morgan fingerprint density at radius 1 is 1.30 bits per heavy atom. The van der Waals surface area contributed by atoms with Crippen LogP contribution in [-0.4, -0.2) is 39.9 Å². The van der Waals surface area contributed by atoms with Crippen LogP contribution in [0.4, 0.5) is 23.7 Å². The Labute approximate surface area is 154 Å². The molecule has 9 heteroatoms. The van der Waals surface area contributed by atoms with E-state index in [9.17, 15) is 18.0 Å². The highest BCUT2D eigenvalue weighted by molar-refractivity contribution is 5.90. The van der Waals surface area contributed by atoms with E-state index in [-0.39, 0.29) is 25.2 Å². The summed E-state index contributed by atoms with van der Waals surface area (Å²) in [5.74, 6) is 0. The van der Waals surface area contributed by atoms with Crippen molar-refractivity contribution in [3.8, 4) is 0 Å². The van der Waals surface area contributed by atoms with Crippen molar-refractivity contribution in [3.05, 3.63) is 46.8 Å².